The summed E-state index contributed by atoms with van der Waals surface area (Å²) < 4.78 is 1.18. The summed E-state index contributed by atoms with van der Waals surface area (Å²) in [6.45, 7) is 0. The number of allylic oxidation sites excluding steroid dienone is 1. The molecule has 0 aliphatic heterocycles. The van der Waals surface area contributed by atoms with Gasteiger partial charge in [0.25, 0.3) is 0 Å². The molecule has 0 saturated heterocycles. The van der Waals surface area contributed by atoms with E-state index in [9.17, 15) is 0 Å². The lowest BCUT2D eigenvalue weighted by atomic mass is 10.1. The van der Waals surface area contributed by atoms with Crippen LogP contribution in [0.25, 0.3) is 5.57 Å². The van der Waals surface area contributed by atoms with E-state index in [1.807, 2.05) is 24.3 Å². The van der Waals surface area contributed by atoms with E-state index in [0.29, 0.717) is 0 Å². The van der Waals surface area contributed by atoms with E-state index in [-0.39, 0.29) is 0 Å². The fourth-order valence-electron chi connectivity index (χ4n) is 0.936. The Labute approximate surface area is 90.6 Å². The zero-order chi connectivity index (χ0) is 9.68. The van der Waals surface area contributed by atoms with Crippen molar-refractivity contribution in [3.63, 3.8) is 0 Å². The Morgan fingerprint density at radius 2 is 1.92 bits per heavy atom. The predicted octanol–water partition coefficient (Wildman–Crippen LogP) is 1.54. The SMILES string of the molecule is NC=C(C=NN)c1ccc(I)cc1. The molecule has 0 atom stereocenters. The molecule has 0 aromatic heterocycles. The number of hydrazone groups is 1. The minimum atomic E-state index is 0.818. The average molecular weight is 287 g/mol. The van der Waals surface area contributed by atoms with Gasteiger partial charge in [-0.3, -0.25) is 0 Å². The van der Waals surface area contributed by atoms with E-state index in [1.54, 1.807) is 0 Å². The summed E-state index contributed by atoms with van der Waals surface area (Å²) in [4.78, 5) is 0. The van der Waals surface area contributed by atoms with Gasteiger partial charge in [0.1, 0.15) is 0 Å². The minimum Gasteiger partial charge on any atom is -0.404 e. The van der Waals surface area contributed by atoms with Crippen LogP contribution in [0.3, 0.4) is 0 Å². The van der Waals surface area contributed by atoms with Gasteiger partial charge in [0.2, 0.25) is 0 Å². The monoisotopic (exact) mass is 287 g/mol. The van der Waals surface area contributed by atoms with Gasteiger partial charge in [-0.1, -0.05) is 12.1 Å². The van der Waals surface area contributed by atoms with Crippen LogP contribution in [0.2, 0.25) is 0 Å². The summed E-state index contributed by atoms with van der Waals surface area (Å²) in [6, 6.07) is 7.96. The summed E-state index contributed by atoms with van der Waals surface area (Å²) >= 11 is 2.24. The maximum atomic E-state index is 5.42. The van der Waals surface area contributed by atoms with E-state index < -0.39 is 0 Å². The maximum absolute atomic E-state index is 5.42. The first kappa shape index (κ1) is 10.0. The van der Waals surface area contributed by atoms with Gasteiger partial charge in [0.05, 0.1) is 6.21 Å². The summed E-state index contributed by atoms with van der Waals surface area (Å²) in [5.74, 6) is 5.04. The Morgan fingerprint density at radius 1 is 1.31 bits per heavy atom. The molecule has 0 unspecified atom stereocenters. The molecule has 0 bridgehead atoms. The van der Waals surface area contributed by atoms with Gasteiger partial charge in [-0.05, 0) is 40.3 Å². The molecule has 1 aromatic rings. The number of nitrogens with zero attached hydrogens (tertiary/aromatic N) is 1. The molecule has 0 saturated carbocycles. The number of halogens is 1. The molecule has 1 aromatic carbocycles. The second-order valence-electron chi connectivity index (χ2n) is 2.41. The number of hydrogen-bond donors (Lipinski definition) is 2. The van der Waals surface area contributed by atoms with Crippen molar-refractivity contribution in [1.29, 1.82) is 0 Å². The molecular formula is C9H10IN3. The fraction of sp³-hybridized carbons (Fsp3) is 0. The average Bonchev–Trinajstić information content (AvgIpc) is 2.16. The smallest absolute Gasteiger partial charge is 0.0558 e. The second-order valence-corrected chi connectivity index (χ2v) is 3.65. The van der Waals surface area contributed by atoms with Crippen molar-refractivity contribution in [2.24, 2.45) is 16.7 Å². The molecule has 3 nitrogen and oxygen atoms in total. The van der Waals surface area contributed by atoms with Crippen LogP contribution >= 0.6 is 22.6 Å². The maximum Gasteiger partial charge on any atom is 0.0558 e. The summed E-state index contributed by atoms with van der Waals surface area (Å²) in [5, 5.41) is 3.43. The van der Waals surface area contributed by atoms with Crippen LogP contribution in [-0.4, -0.2) is 6.21 Å². The van der Waals surface area contributed by atoms with Crippen molar-refractivity contribution >= 4 is 34.4 Å². The topological polar surface area (TPSA) is 64.4 Å². The van der Waals surface area contributed by atoms with Crippen molar-refractivity contribution in [2.45, 2.75) is 0 Å². The molecule has 4 N–H and O–H groups in total. The van der Waals surface area contributed by atoms with E-state index >= 15 is 0 Å². The highest BCUT2D eigenvalue weighted by atomic mass is 127. The Morgan fingerprint density at radius 3 is 2.38 bits per heavy atom. The van der Waals surface area contributed by atoms with Crippen molar-refractivity contribution in [2.75, 3.05) is 0 Å². The molecule has 0 fully saturated rings. The second kappa shape index (κ2) is 4.86. The van der Waals surface area contributed by atoms with Crippen LogP contribution in [0.5, 0.6) is 0 Å². The van der Waals surface area contributed by atoms with Gasteiger partial charge in [-0.2, -0.15) is 5.10 Å². The van der Waals surface area contributed by atoms with E-state index in [2.05, 4.69) is 27.7 Å². The van der Waals surface area contributed by atoms with E-state index in [1.165, 1.54) is 16.0 Å². The van der Waals surface area contributed by atoms with Crippen molar-refractivity contribution in [1.82, 2.24) is 0 Å². The zero-order valence-corrected chi connectivity index (χ0v) is 9.10. The van der Waals surface area contributed by atoms with Crippen molar-refractivity contribution in [3.8, 4) is 0 Å². The molecule has 0 radical (unpaired) electrons. The Kier molecular flexibility index (Phi) is 3.75. The third-order valence-electron chi connectivity index (χ3n) is 1.57. The normalized spacial score (nSPS) is 12.2. The number of rotatable bonds is 2. The van der Waals surface area contributed by atoms with Gasteiger partial charge in [0, 0.05) is 15.3 Å². The first-order valence-electron chi connectivity index (χ1n) is 3.69. The van der Waals surface area contributed by atoms with Crippen LogP contribution in [0, 0.1) is 3.57 Å². The number of benzene rings is 1. The molecule has 0 aliphatic carbocycles. The van der Waals surface area contributed by atoms with Crippen LogP contribution < -0.4 is 11.6 Å². The molecule has 13 heavy (non-hydrogen) atoms. The molecule has 68 valence electrons. The fourth-order valence-corrected chi connectivity index (χ4v) is 1.30. The van der Waals surface area contributed by atoms with Gasteiger partial charge >= 0.3 is 0 Å². The third kappa shape index (κ3) is 2.73. The largest absolute Gasteiger partial charge is 0.404 e. The summed E-state index contributed by atoms with van der Waals surface area (Å²) in [6.07, 6.45) is 3.01. The van der Waals surface area contributed by atoms with Gasteiger partial charge in [-0.15, -0.1) is 0 Å². The van der Waals surface area contributed by atoms with Crippen LogP contribution in [0.15, 0.2) is 35.6 Å². The summed E-state index contributed by atoms with van der Waals surface area (Å²) in [5.41, 5.74) is 7.25. The minimum absolute atomic E-state index is 0.818. The van der Waals surface area contributed by atoms with Crippen LogP contribution in [0.1, 0.15) is 5.56 Å². The lowest BCUT2D eigenvalue weighted by Crippen LogP contribution is -1.93. The Balaban J connectivity index is 3.00. The van der Waals surface area contributed by atoms with Crippen LogP contribution in [0.4, 0.5) is 0 Å². The number of nitrogens with two attached hydrogens (primary N) is 2. The molecule has 0 spiro atoms. The van der Waals surface area contributed by atoms with Gasteiger partial charge in [-0.25, -0.2) is 0 Å². The highest BCUT2D eigenvalue weighted by Crippen LogP contribution is 2.13. The molecule has 0 aliphatic rings. The lowest BCUT2D eigenvalue weighted by molar-refractivity contribution is 1.27. The Hall–Kier alpha value is -1.04. The van der Waals surface area contributed by atoms with Crippen molar-refractivity contribution in [3.05, 3.63) is 39.6 Å². The standard InChI is InChI=1S/C9H10IN3/c10-9-3-1-7(2-4-9)8(5-11)6-13-12/h1-6H,11-12H2. The third-order valence-corrected chi connectivity index (χ3v) is 2.29. The van der Waals surface area contributed by atoms with Gasteiger partial charge in [0.15, 0.2) is 0 Å². The molecule has 1 rings (SSSR count). The molecule has 4 heteroatoms. The highest BCUT2D eigenvalue weighted by molar-refractivity contribution is 14.1. The molecule has 0 amide bonds. The summed E-state index contributed by atoms with van der Waals surface area (Å²) in [7, 11) is 0. The van der Waals surface area contributed by atoms with Crippen LogP contribution in [-0.2, 0) is 0 Å². The quantitative estimate of drug-likeness (QED) is 0.375. The number of hydrogen-bond acceptors (Lipinski definition) is 3. The lowest BCUT2D eigenvalue weighted by Gasteiger charge is -1.99. The van der Waals surface area contributed by atoms with E-state index in [4.69, 9.17) is 11.6 Å². The Bertz CT molecular complexity index is 327. The molecular weight excluding hydrogens is 277 g/mol. The first-order chi connectivity index (χ1) is 6.27. The molecule has 0 heterocycles. The van der Waals surface area contributed by atoms with E-state index in [0.717, 1.165) is 11.1 Å². The predicted molar refractivity (Wildman–Crippen MR) is 64.0 cm³/mol. The zero-order valence-electron chi connectivity index (χ0n) is 6.94. The first-order valence-corrected chi connectivity index (χ1v) is 4.77. The highest BCUT2D eigenvalue weighted by Gasteiger charge is 1.96. The van der Waals surface area contributed by atoms with Crippen molar-refractivity contribution < 1.29 is 0 Å². The van der Waals surface area contributed by atoms with Gasteiger partial charge < -0.3 is 11.6 Å².